The van der Waals surface area contributed by atoms with Crippen molar-refractivity contribution in [1.82, 2.24) is 4.98 Å². The van der Waals surface area contributed by atoms with Crippen LogP contribution in [0.5, 0.6) is 5.75 Å². The van der Waals surface area contributed by atoms with Crippen molar-refractivity contribution in [2.45, 2.75) is 20.0 Å². The summed E-state index contributed by atoms with van der Waals surface area (Å²) in [7, 11) is 0. The number of ether oxygens (including phenoxy) is 1. The Labute approximate surface area is 181 Å². The van der Waals surface area contributed by atoms with Gasteiger partial charge in [-0.25, -0.2) is 4.98 Å². The van der Waals surface area contributed by atoms with Gasteiger partial charge in [0.25, 0.3) is 5.91 Å². The quantitative estimate of drug-likeness (QED) is 0.521. The summed E-state index contributed by atoms with van der Waals surface area (Å²) in [4.78, 5) is 27.9. The number of amides is 2. The van der Waals surface area contributed by atoms with Gasteiger partial charge < -0.3 is 10.1 Å². The molecule has 0 aliphatic heterocycles. The third-order valence-corrected chi connectivity index (χ3v) is 5.38. The normalized spacial score (nSPS) is 11.6. The molecule has 0 spiro atoms. The maximum Gasteiger partial charge on any atom is 0.266 e. The number of benzene rings is 2. The van der Waals surface area contributed by atoms with Crippen LogP contribution in [0.2, 0.25) is 10.0 Å². The van der Waals surface area contributed by atoms with E-state index in [4.69, 9.17) is 27.9 Å². The van der Waals surface area contributed by atoms with Crippen LogP contribution in [-0.2, 0) is 9.59 Å². The van der Waals surface area contributed by atoms with Crippen molar-refractivity contribution in [1.29, 1.82) is 0 Å². The molecule has 9 heteroatoms. The van der Waals surface area contributed by atoms with Gasteiger partial charge in [0.15, 0.2) is 11.2 Å². The summed E-state index contributed by atoms with van der Waals surface area (Å²) >= 11 is 13.4. The van der Waals surface area contributed by atoms with Crippen LogP contribution in [0.25, 0.3) is 11.3 Å². The van der Waals surface area contributed by atoms with Crippen LogP contribution in [0, 0.1) is 0 Å². The van der Waals surface area contributed by atoms with Crippen LogP contribution in [0.3, 0.4) is 0 Å². The zero-order valence-corrected chi connectivity index (χ0v) is 17.9. The second-order valence-electron chi connectivity index (χ2n) is 6.10. The average Bonchev–Trinajstić information content (AvgIpc) is 3.14. The molecule has 2 aromatic carbocycles. The molecule has 3 aromatic rings. The number of hydrogen-bond donors (Lipinski definition) is 2. The van der Waals surface area contributed by atoms with Crippen molar-refractivity contribution in [3.05, 3.63) is 57.9 Å². The van der Waals surface area contributed by atoms with Gasteiger partial charge >= 0.3 is 0 Å². The van der Waals surface area contributed by atoms with Gasteiger partial charge in [0, 0.05) is 23.6 Å². The summed E-state index contributed by atoms with van der Waals surface area (Å²) in [6.45, 7) is 3.07. The number of halogens is 2. The second kappa shape index (κ2) is 9.26. The van der Waals surface area contributed by atoms with Crippen LogP contribution in [0.15, 0.2) is 47.8 Å². The Bertz CT molecular complexity index is 1040. The standard InChI is InChI=1S/C20H17Cl2N3O3S/c1-11(28-17-5-3-4-15(21)18(17)22)19(27)25-20-24-16(10-29-20)13-6-8-14(9-7-13)23-12(2)26/h3-11H,1-2H3,(H,23,26)(H,24,25,27). The summed E-state index contributed by atoms with van der Waals surface area (Å²) in [5.41, 5.74) is 2.28. The molecule has 0 bridgehead atoms. The fourth-order valence-electron chi connectivity index (χ4n) is 2.42. The van der Waals surface area contributed by atoms with E-state index >= 15 is 0 Å². The number of rotatable bonds is 6. The molecule has 2 N–H and O–H groups in total. The van der Waals surface area contributed by atoms with E-state index in [1.165, 1.54) is 18.3 Å². The number of carbonyl (C=O) groups excluding carboxylic acids is 2. The fraction of sp³-hybridized carbons (Fsp3) is 0.150. The fourth-order valence-corrected chi connectivity index (χ4v) is 3.48. The third-order valence-electron chi connectivity index (χ3n) is 3.82. The molecule has 150 valence electrons. The van der Waals surface area contributed by atoms with Crippen molar-refractivity contribution in [2.75, 3.05) is 10.6 Å². The van der Waals surface area contributed by atoms with E-state index < -0.39 is 6.10 Å². The van der Waals surface area contributed by atoms with Gasteiger partial charge in [-0.2, -0.15) is 0 Å². The molecule has 1 atom stereocenters. The summed E-state index contributed by atoms with van der Waals surface area (Å²) in [5.74, 6) is -0.157. The molecule has 1 unspecified atom stereocenters. The largest absolute Gasteiger partial charge is 0.479 e. The maximum atomic E-state index is 12.4. The molecule has 6 nitrogen and oxygen atoms in total. The summed E-state index contributed by atoms with van der Waals surface area (Å²) in [5, 5.41) is 8.34. The zero-order valence-electron chi connectivity index (χ0n) is 15.5. The van der Waals surface area contributed by atoms with E-state index in [1.54, 1.807) is 37.3 Å². The third kappa shape index (κ3) is 5.47. The van der Waals surface area contributed by atoms with Crippen molar-refractivity contribution >= 4 is 57.2 Å². The van der Waals surface area contributed by atoms with Gasteiger partial charge in [0.2, 0.25) is 5.91 Å². The summed E-state index contributed by atoms with van der Waals surface area (Å²) in [6.07, 6.45) is -0.796. The summed E-state index contributed by atoms with van der Waals surface area (Å²) < 4.78 is 5.61. The van der Waals surface area contributed by atoms with Gasteiger partial charge in [-0.15, -0.1) is 11.3 Å². The van der Waals surface area contributed by atoms with E-state index in [9.17, 15) is 9.59 Å². The molecule has 0 radical (unpaired) electrons. The van der Waals surface area contributed by atoms with Gasteiger partial charge in [0.05, 0.1) is 10.7 Å². The zero-order chi connectivity index (χ0) is 21.0. The minimum absolute atomic E-state index is 0.133. The topological polar surface area (TPSA) is 80.3 Å². The smallest absolute Gasteiger partial charge is 0.266 e. The minimum atomic E-state index is -0.796. The first-order chi connectivity index (χ1) is 13.8. The summed E-state index contributed by atoms with van der Waals surface area (Å²) in [6, 6.07) is 12.2. The van der Waals surface area contributed by atoms with Crippen molar-refractivity contribution in [3.63, 3.8) is 0 Å². The number of nitrogens with one attached hydrogen (secondary N) is 2. The number of nitrogens with zero attached hydrogens (tertiary/aromatic N) is 1. The first-order valence-electron chi connectivity index (χ1n) is 8.58. The van der Waals surface area contributed by atoms with E-state index in [0.29, 0.717) is 27.3 Å². The molecule has 29 heavy (non-hydrogen) atoms. The van der Waals surface area contributed by atoms with E-state index in [2.05, 4.69) is 15.6 Å². The van der Waals surface area contributed by atoms with Gasteiger partial charge in [-0.1, -0.05) is 41.4 Å². The molecule has 0 aliphatic carbocycles. The second-order valence-corrected chi connectivity index (χ2v) is 7.74. The first-order valence-corrected chi connectivity index (χ1v) is 10.2. The number of aromatic nitrogens is 1. The van der Waals surface area contributed by atoms with Crippen LogP contribution >= 0.6 is 34.5 Å². The van der Waals surface area contributed by atoms with Crippen LogP contribution in [-0.4, -0.2) is 22.9 Å². The Balaban J connectivity index is 1.64. The molecule has 0 aliphatic rings. The lowest BCUT2D eigenvalue weighted by molar-refractivity contribution is -0.122. The monoisotopic (exact) mass is 449 g/mol. The Morgan fingerprint density at radius 1 is 1.10 bits per heavy atom. The lowest BCUT2D eigenvalue weighted by Gasteiger charge is -2.15. The number of hydrogen-bond acceptors (Lipinski definition) is 5. The SMILES string of the molecule is CC(=O)Nc1ccc(-c2csc(NC(=O)C(C)Oc3cccc(Cl)c3Cl)n2)cc1. The molecule has 3 rings (SSSR count). The van der Waals surface area contributed by atoms with Crippen LogP contribution < -0.4 is 15.4 Å². The Morgan fingerprint density at radius 2 is 1.83 bits per heavy atom. The highest BCUT2D eigenvalue weighted by molar-refractivity contribution is 7.14. The molecule has 2 amide bonds. The van der Waals surface area contributed by atoms with E-state index in [1.807, 2.05) is 17.5 Å². The highest BCUT2D eigenvalue weighted by atomic mass is 35.5. The van der Waals surface area contributed by atoms with Crippen LogP contribution in [0.4, 0.5) is 10.8 Å². The van der Waals surface area contributed by atoms with Gasteiger partial charge in [0.1, 0.15) is 10.8 Å². The molecular weight excluding hydrogens is 433 g/mol. The highest BCUT2D eigenvalue weighted by Gasteiger charge is 2.18. The molecule has 0 saturated carbocycles. The van der Waals surface area contributed by atoms with Crippen molar-refractivity contribution in [2.24, 2.45) is 0 Å². The van der Waals surface area contributed by atoms with Crippen LogP contribution in [0.1, 0.15) is 13.8 Å². The van der Waals surface area contributed by atoms with E-state index in [-0.39, 0.29) is 16.8 Å². The van der Waals surface area contributed by atoms with Crippen molar-refractivity contribution < 1.29 is 14.3 Å². The van der Waals surface area contributed by atoms with E-state index in [0.717, 1.165) is 5.56 Å². The van der Waals surface area contributed by atoms with Gasteiger partial charge in [-0.05, 0) is 31.2 Å². The maximum absolute atomic E-state index is 12.4. The minimum Gasteiger partial charge on any atom is -0.479 e. The first kappa shape index (κ1) is 21.1. The Hall–Kier alpha value is -2.61. The predicted octanol–water partition coefficient (Wildman–Crippen LogP) is 5.48. The number of carbonyl (C=O) groups is 2. The lowest BCUT2D eigenvalue weighted by atomic mass is 10.1. The average molecular weight is 450 g/mol. The number of thiazole rings is 1. The Kier molecular flexibility index (Phi) is 6.74. The molecular formula is C20H17Cl2N3O3S. The lowest BCUT2D eigenvalue weighted by Crippen LogP contribution is -2.30. The van der Waals surface area contributed by atoms with Crippen molar-refractivity contribution in [3.8, 4) is 17.0 Å². The Morgan fingerprint density at radius 3 is 2.52 bits per heavy atom. The molecule has 0 saturated heterocycles. The van der Waals surface area contributed by atoms with Gasteiger partial charge in [-0.3, -0.25) is 14.9 Å². The molecule has 1 aromatic heterocycles. The molecule has 0 fully saturated rings. The predicted molar refractivity (Wildman–Crippen MR) is 117 cm³/mol. The molecule has 1 heterocycles. The number of anilines is 2. The highest BCUT2D eigenvalue weighted by Crippen LogP contribution is 2.32.